The number of fused-ring (bicyclic) bond motifs is 3. The Balaban J connectivity index is 1.54. The molecule has 0 radical (unpaired) electrons. The van der Waals surface area contributed by atoms with Crippen LogP contribution in [-0.2, 0) is 37.7 Å². The summed E-state index contributed by atoms with van der Waals surface area (Å²) in [4.78, 5) is 34.4. The van der Waals surface area contributed by atoms with Crippen LogP contribution in [0.2, 0.25) is 0 Å². The molecule has 0 aliphatic carbocycles. The van der Waals surface area contributed by atoms with Gasteiger partial charge in [-0.25, -0.2) is 19.6 Å². The minimum absolute atomic E-state index is 0.239. The fourth-order valence-corrected chi connectivity index (χ4v) is 6.96. The van der Waals surface area contributed by atoms with Gasteiger partial charge in [-0.15, -0.1) is 0 Å². The van der Waals surface area contributed by atoms with Crippen molar-refractivity contribution in [1.29, 1.82) is 0 Å². The molecule has 2 aromatic heterocycles. The number of imidazole rings is 1. The van der Waals surface area contributed by atoms with Gasteiger partial charge >= 0.3 is 12.1 Å². The molecular formula is C46H51N5O6. The number of amides is 1. The third-order valence-electron chi connectivity index (χ3n) is 9.36. The summed E-state index contributed by atoms with van der Waals surface area (Å²) in [6.45, 7) is 13.0. The van der Waals surface area contributed by atoms with Crippen LogP contribution >= 0.6 is 0 Å². The number of carbonyl (C=O) groups is 2. The van der Waals surface area contributed by atoms with Gasteiger partial charge in [-0.2, -0.15) is 0 Å². The maximum Gasteiger partial charge on any atom is 0.407 e. The normalized spacial score (nSPS) is 12.3. The van der Waals surface area contributed by atoms with E-state index >= 15 is 0 Å². The van der Waals surface area contributed by atoms with E-state index in [1.807, 2.05) is 114 Å². The van der Waals surface area contributed by atoms with Crippen LogP contribution in [0.15, 0.2) is 115 Å². The molecule has 6 rings (SSSR count). The monoisotopic (exact) mass is 769 g/mol. The van der Waals surface area contributed by atoms with Crippen molar-refractivity contribution in [2.24, 2.45) is 0 Å². The van der Waals surface area contributed by atoms with Gasteiger partial charge in [0.05, 0.1) is 29.8 Å². The first kappa shape index (κ1) is 40.6. The van der Waals surface area contributed by atoms with Gasteiger partial charge in [0.2, 0.25) is 0 Å². The first-order valence-electron chi connectivity index (χ1n) is 19.2. The average Bonchev–Trinajstić information content (AvgIpc) is 3.54. The zero-order valence-corrected chi connectivity index (χ0v) is 33.4. The molecule has 11 heteroatoms. The maximum atomic E-state index is 12.3. The molecule has 0 atom stereocenters. The Bertz CT molecular complexity index is 2240. The number of pyridine rings is 1. The molecule has 0 saturated heterocycles. The predicted molar refractivity (Wildman–Crippen MR) is 224 cm³/mol. The third-order valence-corrected chi connectivity index (χ3v) is 9.36. The van der Waals surface area contributed by atoms with Crippen LogP contribution in [0.25, 0.3) is 28.0 Å². The van der Waals surface area contributed by atoms with Crippen molar-refractivity contribution in [1.82, 2.24) is 19.9 Å². The summed E-state index contributed by atoms with van der Waals surface area (Å²) in [6.07, 6.45) is 2.17. The zero-order valence-electron chi connectivity index (χ0n) is 33.4. The van der Waals surface area contributed by atoms with E-state index in [1.54, 1.807) is 6.08 Å². The van der Waals surface area contributed by atoms with E-state index in [-0.39, 0.29) is 19.8 Å². The molecule has 1 amide bonds. The van der Waals surface area contributed by atoms with Crippen LogP contribution in [-0.4, -0.2) is 62.7 Å². The van der Waals surface area contributed by atoms with Gasteiger partial charge in [0, 0.05) is 24.6 Å². The van der Waals surface area contributed by atoms with E-state index in [4.69, 9.17) is 24.2 Å². The highest BCUT2D eigenvalue weighted by atomic mass is 16.6. The maximum absolute atomic E-state index is 12.3. The second-order valence-corrected chi connectivity index (χ2v) is 15.4. The number of benzene rings is 4. The van der Waals surface area contributed by atoms with E-state index in [9.17, 15) is 14.7 Å². The second kappa shape index (κ2) is 17.4. The second-order valence-electron chi connectivity index (χ2n) is 15.4. The predicted octanol–water partition coefficient (Wildman–Crippen LogP) is 8.94. The summed E-state index contributed by atoms with van der Waals surface area (Å²) in [5, 5.41) is 17.0. The summed E-state index contributed by atoms with van der Waals surface area (Å²) in [5.74, 6) is 0.180. The van der Waals surface area contributed by atoms with Crippen LogP contribution in [0.5, 0.6) is 0 Å². The van der Waals surface area contributed by atoms with Gasteiger partial charge in [0.1, 0.15) is 29.1 Å². The number of carbonyl (C=O) groups excluding carboxylic acids is 1. The van der Waals surface area contributed by atoms with Crippen molar-refractivity contribution in [2.75, 3.05) is 25.1 Å². The fourth-order valence-electron chi connectivity index (χ4n) is 6.96. The molecule has 0 aliphatic heterocycles. The Hall–Kier alpha value is -6.04. The van der Waals surface area contributed by atoms with Crippen molar-refractivity contribution in [3.05, 3.63) is 143 Å². The van der Waals surface area contributed by atoms with Crippen LogP contribution in [0.1, 0.15) is 69.6 Å². The number of nitrogens with zero attached hydrogens (tertiary/aromatic N) is 3. The number of aliphatic carboxylic acids is 1. The number of alkyl carbamates (subject to hydrolysis) is 1. The lowest BCUT2D eigenvalue weighted by atomic mass is 9.77. The van der Waals surface area contributed by atoms with Crippen molar-refractivity contribution in [3.8, 4) is 0 Å². The smallest absolute Gasteiger partial charge is 0.407 e. The minimum Gasteiger partial charge on any atom is -0.478 e. The Morgan fingerprint density at radius 2 is 1.42 bits per heavy atom. The highest BCUT2D eigenvalue weighted by Crippen LogP contribution is 2.42. The standard InChI is InChI=1S/C46H51N5O6/c1-7-55-30-38-49-40-41(51(38)31-45(5,6)56-28-27-47-43(54)57-44(2,3)4)36-25-23-32(24-26-39(52)53)29-37(36)48-42(40)50-46(33-17-11-8-12-18-33,34-19-13-9-14-20-34)35-21-15-10-16-22-35/h8-26,29H,7,27-28,30-31H2,1-6H3,(H,47,54)(H,48,50)(H,52,53). The number of aromatic nitrogens is 3. The lowest BCUT2D eigenvalue weighted by Gasteiger charge is -2.37. The lowest BCUT2D eigenvalue weighted by molar-refractivity contribution is -0.131. The average molecular weight is 770 g/mol. The van der Waals surface area contributed by atoms with Gasteiger partial charge in [-0.05, 0) is 75.9 Å². The first-order valence-corrected chi connectivity index (χ1v) is 19.2. The molecule has 0 bridgehead atoms. The number of rotatable bonds is 16. The Morgan fingerprint density at radius 1 is 0.825 bits per heavy atom. The van der Waals surface area contributed by atoms with E-state index in [1.165, 1.54) is 0 Å². The first-order chi connectivity index (χ1) is 27.3. The van der Waals surface area contributed by atoms with Gasteiger partial charge in [-0.1, -0.05) is 103 Å². The quantitative estimate of drug-likeness (QED) is 0.0501. The van der Waals surface area contributed by atoms with Gasteiger partial charge in [0.15, 0.2) is 5.82 Å². The number of ether oxygens (including phenoxy) is 3. The molecule has 2 heterocycles. The number of carboxylic acids is 1. The van der Waals surface area contributed by atoms with E-state index in [2.05, 4.69) is 51.6 Å². The molecule has 0 fully saturated rings. The fraction of sp³-hybridized carbons (Fsp3) is 0.304. The van der Waals surface area contributed by atoms with E-state index in [0.29, 0.717) is 41.4 Å². The summed E-state index contributed by atoms with van der Waals surface area (Å²) in [7, 11) is 0. The zero-order chi connectivity index (χ0) is 40.6. The molecule has 0 spiro atoms. The number of nitrogens with one attached hydrogen (secondary N) is 2. The SMILES string of the molecule is CCOCc1nc2c(NC(c3ccccc3)(c3ccccc3)c3ccccc3)nc3cc(C=CC(=O)O)ccc3c2n1CC(C)(C)OCCNC(=O)OC(C)(C)C. The van der Waals surface area contributed by atoms with E-state index in [0.717, 1.165) is 33.7 Å². The number of anilines is 1. The summed E-state index contributed by atoms with van der Waals surface area (Å²) < 4.78 is 19.9. The molecular weight excluding hydrogens is 719 g/mol. The highest BCUT2D eigenvalue weighted by Gasteiger charge is 2.38. The summed E-state index contributed by atoms with van der Waals surface area (Å²) in [6, 6.07) is 36.6. The van der Waals surface area contributed by atoms with Crippen LogP contribution in [0, 0.1) is 0 Å². The number of carboxylic acid groups (broad SMARTS) is 1. The summed E-state index contributed by atoms with van der Waals surface area (Å²) in [5.41, 5.74) is 3.54. The lowest BCUT2D eigenvalue weighted by Crippen LogP contribution is -2.38. The topological polar surface area (TPSA) is 137 Å². The molecule has 0 aliphatic rings. The molecule has 4 aromatic carbocycles. The Labute approximate surface area is 333 Å². The van der Waals surface area contributed by atoms with Gasteiger partial charge in [0.25, 0.3) is 0 Å². The van der Waals surface area contributed by atoms with Crippen LogP contribution in [0.4, 0.5) is 10.6 Å². The Kier molecular flexibility index (Phi) is 12.4. The summed E-state index contributed by atoms with van der Waals surface area (Å²) >= 11 is 0. The van der Waals surface area contributed by atoms with Crippen molar-refractivity contribution < 1.29 is 28.9 Å². The van der Waals surface area contributed by atoms with Crippen molar-refractivity contribution >= 4 is 45.9 Å². The largest absolute Gasteiger partial charge is 0.478 e. The third kappa shape index (κ3) is 9.68. The van der Waals surface area contributed by atoms with Gasteiger partial charge in [-0.3, -0.25) is 0 Å². The molecule has 6 aromatic rings. The molecule has 3 N–H and O–H groups in total. The van der Waals surface area contributed by atoms with E-state index < -0.39 is 28.8 Å². The Morgan fingerprint density at radius 3 is 1.96 bits per heavy atom. The van der Waals surface area contributed by atoms with Crippen molar-refractivity contribution in [3.63, 3.8) is 0 Å². The molecule has 296 valence electrons. The molecule has 57 heavy (non-hydrogen) atoms. The molecule has 0 saturated carbocycles. The van der Waals surface area contributed by atoms with Crippen LogP contribution < -0.4 is 10.6 Å². The number of hydrogen-bond donors (Lipinski definition) is 3. The minimum atomic E-state index is -1.04. The highest BCUT2D eigenvalue weighted by molar-refractivity contribution is 6.08. The van der Waals surface area contributed by atoms with Crippen LogP contribution in [0.3, 0.4) is 0 Å². The molecule has 11 nitrogen and oxygen atoms in total. The van der Waals surface area contributed by atoms with Crippen molar-refractivity contribution in [2.45, 2.75) is 71.4 Å². The number of hydrogen-bond acceptors (Lipinski definition) is 8. The molecule has 0 unspecified atom stereocenters. The van der Waals surface area contributed by atoms with Gasteiger partial charge < -0.3 is 34.5 Å².